The van der Waals surface area contributed by atoms with Crippen LogP contribution in [0.5, 0.6) is 0 Å². The highest BCUT2D eigenvalue weighted by molar-refractivity contribution is 7.14. The van der Waals surface area contributed by atoms with Gasteiger partial charge in [-0.2, -0.15) is 5.10 Å². The maximum Gasteiger partial charge on any atom is 0.274 e. The summed E-state index contributed by atoms with van der Waals surface area (Å²) >= 11 is 1.42. The summed E-state index contributed by atoms with van der Waals surface area (Å²) in [5, 5.41) is 4.09. The van der Waals surface area contributed by atoms with E-state index < -0.39 is 5.79 Å². The van der Waals surface area contributed by atoms with E-state index in [9.17, 15) is 4.79 Å². The monoisotopic (exact) mass is 294 g/mol. The molecule has 4 heterocycles. The second kappa shape index (κ2) is 4.51. The van der Waals surface area contributed by atoms with Crippen LogP contribution in [0.15, 0.2) is 11.7 Å². The Morgan fingerprint density at radius 1 is 1.30 bits per heavy atom. The van der Waals surface area contributed by atoms with Crippen LogP contribution >= 0.6 is 11.3 Å². The van der Waals surface area contributed by atoms with Gasteiger partial charge in [0.05, 0.1) is 19.4 Å². The summed E-state index contributed by atoms with van der Waals surface area (Å²) < 4.78 is 13.0. The van der Waals surface area contributed by atoms with Crippen LogP contribution in [0.25, 0.3) is 4.96 Å². The molecule has 1 spiro atoms. The first-order valence-electron chi connectivity index (χ1n) is 6.62. The van der Waals surface area contributed by atoms with Crippen LogP contribution in [0, 0.1) is 0 Å². The Kier molecular flexibility index (Phi) is 2.76. The van der Waals surface area contributed by atoms with Gasteiger partial charge in [-0.15, -0.1) is 0 Å². The molecular formula is C12H14N4O3S. The van der Waals surface area contributed by atoms with Gasteiger partial charge < -0.3 is 14.4 Å². The van der Waals surface area contributed by atoms with Crippen molar-refractivity contribution in [3.05, 3.63) is 17.4 Å². The van der Waals surface area contributed by atoms with Crippen LogP contribution in [-0.4, -0.2) is 57.5 Å². The van der Waals surface area contributed by atoms with Crippen molar-refractivity contribution in [3.63, 3.8) is 0 Å². The molecule has 7 nitrogen and oxygen atoms in total. The van der Waals surface area contributed by atoms with E-state index in [4.69, 9.17) is 9.47 Å². The Morgan fingerprint density at radius 3 is 2.75 bits per heavy atom. The van der Waals surface area contributed by atoms with Crippen molar-refractivity contribution in [1.82, 2.24) is 19.5 Å². The third kappa shape index (κ3) is 1.91. The lowest BCUT2D eigenvalue weighted by molar-refractivity contribution is -0.181. The highest BCUT2D eigenvalue weighted by Crippen LogP contribution is 2.31. The van der Waals surface area contributed by atoms with Gasteiger partial charge in [0.1, 0.15) is 11.2 Å². The molecular weight excluding hydrogens is 280 g/mol. The number of nitrogens with zero attached hydrogens (tertiary/aromatic N) is 4. The predicted octanol–water partition coefficient (Wildman–Crippen LogP) is 0.770. The van der Waals surface area contributed by atoms with E-state index in [0.29, 0.717) is 32.0 Å². The van der Waals surface area contributed by atoms with Crippen LogP contribution in [0.4, 0.5) is 0 Å². The Balaban J connectivity index is 1.48. The molecule has 2 aliphatic rings. The third-order valence-electron chi connectivity index (χ3n) is 3.83. The number of carbonyl (C=O) groups is 1. The molecule has 0 atom stereocenters. The van der Waals surface area contributed by atoms with Gasteiger partial charge in [0.25, 0.3) is 5.91 Å². The van der Waals surface area contributed by atoms with E-state index in [0.717, 1.165) is 17.8 Å². The van der Waals surface area contributed by atoms with Crippen LogP contribution in [0.1, 0.15) is 23.3 Å². The summed E-state index contributed by atoms with van der Waals surface area (Å²) in [5.41, 5.74) is 2.16. The maximum absolute atomic E-state index is 12.4. The second-order valence-corrected chi connectivity index (χ2v) is 5.80. The minimum Gasteiger partial charge on any atom is -0.347 e. The zero-order chi connectivity index (χ0) is 13.6. The van der Waals surface area contributed by atoms with Gasteiger partial charge >= 0.3 is 0 Å². The molecule has 0 radical (unpaired) electrons. The Hall–Kier alpha value is -1.51. The van der Waals surface area contributed by atoms with Gasteiger partial charge in [-0.05, 0) is 0 Å². The van der Waals surface area contributed by atoms with Crippen molar-refractivity contribution < 1.29 is 14.3 Å². The maximum atomic E-state index is 12.4. The van der Waals surface area contributed by atoms with Crippen molar-refractivity contribution in [2.75, 3.05) is 26.3 Å². The summed E-state index contributed by atoms with van der Waals surface area (Å²) in [6, 6.07) is 0. The van der Waals surface area contributed by atoms with E-state index >= 15 is 0 Å². The van der Waals surface area contributed by atoms with Gasteiger partial charge in [0.2, 0.25) is 4.96 Å². The van der Waals surface area contributed by atoms with Crippen molar-refractivity contribution >= 4 is 22.2 Å². The lowest BCUT2D eigenvalue weighted by Gasteiger charge is -2.37. The summed E-state index contributed by atoms with van der Waals surface area (Å²) in [4.78, 5) is 19.3. The number of piperidine rings is 1. The van der Waals surface area contributed by atoms with Crippen LogP contribution in [0.2, 0.25) is 0 Å². The van der Waals surface area contributed by atoms with E-state index in [1.165, 1.54) is 11.3 Å². The minimum absolute atomic E-state index is 0.0458. The number of hydrogen-bond acceptors (Lipinski definition) is 6. The standard InChI is InChI=1S/C12H14N4O3S/c17-10(9-7-16-11(14-9)20-8-13-16)15-3-1-12(2-4-15)18-5-6-19-12/h7-8H,1-6H2. The topological polar surface area (TPSA) is 69.0 Å². The number of carbonyl (C=O) groups excluding carboxylic acids is 1. The highest BCUT2D eigenvalue weighted by Gasteiger charge is 2.41. The van der Waals surface area contributed by atoms with Crippen LogP contribution in [0.3, 0.4) is 0 Å². The van der Waals surface area contributed by atoms with E-state index in [-0.39, 0.29) is 5.91 Å². The fourth-order valence-corrected chi connectivity index (χ4v) is 3.34. The third-order valence-corrected chi connectivity index (χ3v) is 4.52. The fourth-order valence-electron chi connectivity index (χ4n) is 2.74. The Morgan fingerprint density at radius 2 is 2.05 bits per heavy atom. The van der Waals surface area contributed by atoms with Crippen molar-refractivity contribution in [1.29, 1.82) is 0 Å². The number of imidazole rings is 1. The lowest BCUT2D eigenvalue weighted by atomic mass is 10.0. The zero-order valence-electron chi connectivity index (χ0n) is 10.8. The molecule has 8 heteroatoms. The molecule has 0 aliphatic carbocycles. The molecule has 0 saturated carbocycles. The average Bonchev–Trinajstić information content (AvgIpc) is 3.14. The molecule has 2 aromatic heterocycles. The molecule has 2 fully saturated rings. The Bertz CT molecular complexity index is 607. The van der Waals surface area contributed by atoms with Gasteiger partial charge in [-0.1, -0.05) is 11.3 Å². The van der Waals surface area contributed by atoms with Gasteiger partial charge in [-0.25, -0.2) is 9.50 Å². The normalized spacial score (nSPS) is 21.9. The molecule has 0 unspecified atom stereocenters. The molecule has 1 amide bonds. The predicted molar refractivity (Wildman–Crippen MR) is 70.6 cm³/mol. The average molecular weight is 294 g/mol. The van der Waals surface area contributed by atoms with E-state index in [1.807, 2.05) is 4.90 Å². The van der Waals surface area contributed by atoms with E-state index in [1.54, 1.807) is 16.2 Å². The first-order valence-corrected chi connectivity index (χ1v) is 7.50. The molecule has 4 rings (SSSR count). The number of ether oxygens (including phenoxy) is 2. The minimum atomic E-state index is -0.452. The SMILES string of the molecule is O=C(c1cn2ncsc2n1)N1CCC2(CC1)OCCO2. The molecule has 106 valence electrons. The summed E-state index contributed by atoms with van der Waals surface area (Å²) in [7, 11) is 0. The molecule has 20 heavy (non-hydrogen) atoms. The number of aromatic nitrogens is 3. The molecule has 2 aliphatic heterocycles. The van der Waals surface area contributed by atoms with Crippen LogP contribution < -0.4 is 0 Å². The van der Waals surface area contributed by atoms with Gasteiger partial charge in [-0.3, -0.25) is 4.79 Å². The molecule has 0 bridgehead atoms. The van der Waals surface area contributed by atoms with Crippen molar-refractivity contribution in [2.45, 2.75) is 18.6 Å². The van der Waals surface area contributed by atoms with E-state index in [2.05, 4.69) is 10.1 Å². The number of amides is 1. The second-order valence-electron chi connectivity index (χ2n) is 4.99. The summed E-state index contributed by atoms with van der Waals surface area (Å²) in [5.74, 6) is -0.497. The number of hydrogen-bond donors (Lipinski definition) is 0. The highest BCUT2D eigenvalue weighted by atomic mass is 32.1. The van der Waals surface area contributed by atoms with Crippen molar-refractivity contribution in [2.24, 2.45) is 0 Å². The number of rotatable bonds is 1. The summed E-state index contributed by atoms with van der Waals surface area (Å²) in [6.45, 7) is 2.57. The number of likely N-dealkylation sites (tertiary alicyclic amines) is 1. The molecule has 0 aromatic carbocycles. The summed E-state index contributed by atoms with van der Waals surface area (Å²) in [6.07, 6.45) is 3.12. The Labute approximate surface area is 119 Å². The molecule has 2 aromatic rings. The largest absolute Gasteiger partial charge is 0.347 e. The number of fused-ring (bicyclic) bond motifs is 1. The smallest absolute Gasteiger partial charge is 0.274 e. The lowest BCUT2D eigenvalue weighted by Crippen LogP contribution is -2.47. The molecule has 0 N–H and O–H groups in total. The first-order chi connectivity index (χ1) is 9.76. The quantitative estimate of drug-likeness (QED) is 0.777. The molecule has 2 saturated heterocycles. The zero-order valence-corrected chi connectivity index (χ0v) is 11.6. The van der Waals surface area contributed by atoms with Crippen LogP contribution in [-0.2, 0) is 9.47 Å². The van der Waals surface area contributed by atoms with Gasteiger partial charge in [0.15, 0.2) is 5.79 Å². The van der Waals surface area contributed by atoms with Gasteiger partial charge in [0, 0.05) is 25.9 Å². The van der Waals surface area contributed by atoms with Crippen molar-refractivity contribution in [3.8, 4) is 0 Å². The first kappa shape index (κ1) is 12.2. The fraction of sp³-hybridized carbons (Fsp3) is 0.583.